The molecule has 178 valence electrons. The van der Waals surface area contributed by atoms with Gasteiger partial charge in [0, 0.05) is 39.4 Å². The molecule has 3 aromatic rings. The van der Waals surface area contributed by atoms with Crippen molar-refractivity contribution in [1.82, 2.24) is 10.2 Å². The number of nitriles is 1. The Morgan fingerprint density at radius 2 is 1.66 bits per heavy atom. The summed E-state index contributed by atoms with van der Waals surface area (Å²) in [6, 6.07) is 25.2. The number of fused-ring (bicyclic) bond motifs is 1. The zero-order valence-corrected chi connectivity index (χ0v) is 20.0. The largest absolute Gasteiger partial charge is 0.378 e. The standard InChI is InChI=1S/C28H29N5O2/c1-32(2)24-13-11-21(12-14-24)26(33-16-15-20-7-3-4-9-23(20)19-33)18-30-27(34)28(35)31-25-10-6-5-8-22(25)17-29/h3-14,26H,15-16,18-19H2,1-2H3,(H,30,34)(H,31,35)/t26-/m1/s1. The van der Waals surface area contributed by atoms with Crippen LogP contribution in [0.5, 0.6) is 0 Å². The molecule has 0 spiro atoms. The van der Waals surface area contributed by atoms with E-state index < -0.39 is 11.8 Å². The Bertz CT molecular complexity index is 1250. The predicted octanol–water partition coefficient (Wildman–Crippen LogP) is 3.48. The van der Waals surface area contributed by atoms with Crippen molar-refractivity contribution >= 4 is 23.2 Å². The number of nitrogens with one attached hydrogen (secondary N) is 2. The number of carbonyl (C=O) groups excluding carboxylic acids is 2. The number of carbonyl (C=O) groups is 2. The van der Waals surface area contributed by atoms with Crippen LogP contribution in [-0.4, -0.2) is 43.9 Å². The molecule has 0 radical (unpaired) electrons. The molecule has 0 saturated carbocycles. The molecule has 0 aromatic heterocycles. The average molecular weight is 468 g/mol. The van der Waals surface area contributed by atoms with Gasteiger partial charge in [0.15, 0.2) is 0 Å². The molecule has 3 aromatic carbocycles. The molecule has 1 aliphatic rings. The maximum absolute atomic E-state index is 12.7. The van der Waals surface area contributed by atoms with Gasteiger partial charge < -0.3 is 15.5 Å². The molecule has 0 fully saturated rings. The number of rotatable bonds is 6. The zero-order valence-electron chi connectivity index (χ0n) is 20.0. The normalized spacial score (nSPS) is 13.7. The van der Waals surface area contributed by atoms with Crippen molar-refractivity contribution < 1.29 is 9.59 Å². The van der Waals surface area contributed by atoms with Crippen LogP contribution in [0.2, 0.25) is 0 Å². The first-order valence-electron chi connectivity index (χ1n) is 11.6. The van der Waals surface area contributed by atoms with Crippen molar-refractivity contribution in [3.05, 3.63) is 95.1 Å². The van der Waals surface area contributed by atoms with E-state index in [-0.39, 0.29) is 12.6 Å². The molecule has 0 saturated heterocycles. The van der Waals surface area contributed by atoms with Gasteiger partial charge >= 0.3 is 11.8 Å². The summed E-state index contributed by atoms with van der Waals surface area (Å²) in [6.45, 7) is 1.91. The second kappa shape index (κ2) is 10.9. The van der Waals surface area contributed by atoms with E-state index in [0.717, 1.165) is 30.8 Å². The zero-order chi connectivity index (χ0) is 24.8. The first-order valence-corrected chi connectivity index (χ1v) is 11.6. The van der Waals surface area contributed by atoms with Crippen molar-refractivity contribution in [2.24, 2.45) is 0 Å². The molecule has 0 bridgehead atoms. The molecule has 35 heavy (non-hydrogen) atoms. The predicted molar refractivity (Wildman–Crippen MR) is 137 cm³/mol. The monoisotopic (exact) mass is 467 g/mol. The van der Waals surface area contributed by atoms with Crippen molar-refractivity contribution in [3.8, 4) is 6.07 Å². The molecular weight excluding hydrogens is 438 g/mol. The van der Waals surface area contributed by atoms with Crippen LogP contribution in [0.25, 0.3) is 0 Å². The number of para-hydroxylation sites is 1. The number of hydrogen-bond donors (Lipinski definition) is 2. The van der Waals surface area contributed by atoms with Gasteiger partial charge in [-0.3, -0.25) is 14.5 Å². The molecule has 2 N–H and O–H groups in total. The Balaban J connectivity index is 1.50. The van der Waals surface area contributed by atoms with Crippen LogP contribution in [-0.2, 0) is 22.6 Å². The Hall–Kier alpha value is -4.15. The van der Waals surface area contributed by atoms with Gasteiger partial charge in [-0.05, 0) is 47.4 Å². The minimum Gasteiger partial charge on any atom is -0.378 e. The minimum absolute atomic E-state index is 0.0947. The Morgan fingerprint density at radius 1 is 0.971 bits per heavy atom. The lowest BCUT2D eigenvalue weighted by Crippen LogP contribution is -2.43. The SMILES string of the molecule is CN(C)c1ccc([C@@H](CNC(=O)C(=O)Nc2ccccc2C#N)N2CCc3ccccc3C2)cc1. The summed E-state index contributed by atoms with van der Waals surface area (Å²) in [5.74, 6) is -1.52. The number of amides is 2. The van der Waals surface area contributed by atoms with Gasteiger partial charge in [-0.2, -0.15) is 5.26 Å². The third-order valence-corrected chi connectivity index (χ3v) is 6.35. The van der Waals surface area contributed by atoms with Crippen LogP contribution >= 0.6 is 0 Å². The van der Waals surface area contributed by atoms with Crippen molar-refractivity contribution in [2.45, 2.75) is 19.0 Å². The Labute approximate surface area is 206 Å². The lowest BCUT2D eigenvalue weighted by Gasteiger charge is -2.36. The van der Waals surface area contributed by atoms with Crippen LogP contribution in [0.3, 0.4) is 0 Å². The second-order valence-electron chi connectivity index (χ2n) is 8.81. The van der Waals surface area contributed by atoms with E-state index in [4.69, 9.17) is 0 Å². The van der Waals surface area contributed by atoms with Gasteiger partial charge in [0.05, 0.1) is 17.3 Å². The van der Waals surface area contributed by atoms with Crippen LogP contribution in [0.1, 0.15) is 28.3 Å². The lowest BCUT2D eigenvalue weighted by molar-refractivity contribution is -0.136. The van der Waals surface area contributed by atoms with Crippen LogP contribution in [0.15, 0.2) is 72.8 Å². The summed E-state index contributed by atoms with van der Waals surface area (Å²) >= 11 is 0. The quantitative estimate of drug-likeness (QED) is 0.542. The van der Waals surface area contributed by atoms with E-state index in [1.54, 1.807) is 24.3 Å². The molecule has 0 aliphatic carbocycles. The fourth-order valence-corrected chi connectivity index (χ4v) is 4.37. The van der Waals surface area contributed by atoms with E-state index in [1.807, 2.05) is 25.1 Å². The van der Waals surface area contributed by atoms with E-state index in [0.29, 0.717) is 11.3 Å². The highest BCUT2D eigenvalue weighted by molar-refractivity contribution is 6.39. The fourth-order valence-electron chi connectivity index (χ4n) is 4.37. The molecule has 1 heterocycles. The van der Waals surface area contributed by atoms with Crippen molar-refractivity contribution in [1.29, 1.82) is 5.26 Å². The molecule has 1 atom stereocenters. The van der Waals surface area contributed by atoms with E-state index in [9.17, 15) is 14.9 Å². The fraction of sp³-hybridized carbons (Fsp3) is 0.250. The Morgan fingerprint density at radius 3 is 2.37 bits per heavy atom. The highest BCUT2D eigenvalue weighted by Crippen LogP contribution is 2.28. The molecule has 4 rings (SSSR count). The van der Waals surface area contributed by atoms with E-state index in [1.165, 1.54) is 11.1 Å². The van der Waals surface area contributed by atoms with Crippen LogP contribution < -0.4 is 15.5 Å². The smallest absolute Gasteiger partial charge is 0.313 e. The highest BCUT2D eigenvalue weighted by Gasteiger charge is 2.26. The third-order valence-electron chi connectivity index (χ3n) is 6.35. The summed E-state index contributed by atoms with van der Waals surface area (Å²) in [5.41, 5.74) is 5.43. The summed E-state index contributed by atoms with van der Waals surface area (Å²) < 4.78 is 0. The second-order valence-corrected chi connectivity index (χ2v) is 8.81. The summed E-state index contributed by atoms with van der Waals surface area (Å²) in [7, 11) is 3.99. The van der Waals surface area contributed by atoms with Gasteiger partial charge in [-0.25, -0.2) is 0 Å². The molecule has 7 nitrogen and oxygen atoms in total. The first kappa shape index (κ1) is 24.0. The minimum atomic E-state index is -0.793. The average Bonchev–Trinajstić information content (AvgIpc) is 2.89. The number of anilines is 2. The highest BCUT2D eigenvalue weighted by atomic mass is 16.2. The Kier molecular flexibility index (Phi) is 7.44. The number of hydrogen-bond acceptors (Lipinski definition) is 5. The lowest BCUT2D eigenvalue weighted by atomic mass is 9.96. The molecule has 2 amide bonds. The summed E-state index contributed by atoms with van der Waals surface area (Å²) in [4.78, 5) is 29.6. The molecular formula is C28H29N5O2. The maximum atomic E-state index is 12.7. The van der Waals surface area contributed by atoms with Crippen LogP contribution in [0, 0.1) is 11.3 Å². The van der Waals surface area contributed by atoms with Gasteiger partial charge in [0.2, 0.25) is 0 Å². The van der Waals surface area contributed by atoms with Gasteiger partial charge in [-0.1, -0.05) is 48.5 Å². The van der Waals surface area contributed by atoms with Crippen molar-refractivity contribution in [2.75, 3.05) is 37.4 Å². The van der Waals surface area contributed by atoms with Gasteiger partial charge in [0.25, 0.3) is 0 Å². The van der Waals surface area contributed by atoms with E-state index in [2.05, 4.69) is 64.1 Å². The molecule has 0 unspecified atom stereocenters. The first-order chi connectivity index (χ1) is 17.0. The van der Waals surface area contributed by atoms with E-state index >= 15 is 0 Å². The summed E-state index contributed by atoms with van der Waals surface area (Å²) in [6.07, 6.45) is 0.932. The van der Waals surface area contributed by atoms with Gasteiger partial charge in [0.1, 0.15) is 6.07 Å². The van der Waals surface area contributed by atoms with Gasteiger partial charge in [-0.15, -0.1) is 0 Å². The molecule has 7 heteroatoms. The van der Waals surface area contributed by atoms with Crippen LogP contribution in [0.4, 0.5) is 11.4 Å². The maximum Gasteiger partial charge on any atom is 0.313 e. The number of nitrogens with zero attached hydrogens (tertiary/aromatic N) is 3. The molecule has 1 aliphatic heterocycles. The summed E-state index contributed by atoms with van der Waals surface area (Å²) in [5, 5.41) is 14.6. The number of benzene rings is 3. The van der Waals surface area contributed by atoms with Crippen molar-refractivity contribution in [3.63, 3.8) is 0 Å². The third kappa shape index (κ3) is 5.68. The topological polar surface area (TPSA) is 88.5 Å².